The monoisotopic (exact) mass is 346 g/mol. The molecule has 8 nitrogen and oxygen atoms in total. The highest BCUT2D eigenvalue weighted by Gasteiger charge is 2.21. The van der Waals surface area contributed by atoms with Crippen LogP contribution in [0.3, 0.4) is 0 Å². The molecule has 1 aromatic carbocycles. The fraction of sp³-hybridized carbons (Fsp3) is 0.471. The van der Waals surface area contributed by atoms with E-state index in [-0.39, 0.29) is 5.69 Å². The number of non-ortho nitro benzene ring substituents is 1. The average Bonchev–Trinajstić information content (AvgIpc) is 3.01. The van der Waals surface area contributed by atoms with Crippen LogP contribution in [0.25, 0.3) is 0 Å². The van der Waals surface area contributed by atoms with Crippen molar-refractivity contribution in [1.82, 2.24) is 15.0 Å². The molecule has 3 rings (SSSR count). The van der Waals surface area contributed by atoms with Crippen molar-refractivity contribution in [3.8, 4) is 0 Å². The fourth-order valence-corrected chi connectivity index (χ4v) is 3.04. The van der Waals surface area contributed by atoms with Crippen molar-refractivity contribution < 1.29 is 14.6 Å². The van der Waals surface area contributed by atoms with Crippen LogP contribution in [0.2, 0.25) is 0 Å². The van der Waals surface area contributed by atoms with E-state index in [0.717, 1.165) is 44.2 Å². The molecule has 0 radical (unpaired) electrons. The Morgan fingerprint density at radius 2 is 2.00 bits per heavy atom. The topological polar surface area (TPSA) is 95.9 Å². The zero-order chi connectivity index (χ0) is 17.8. The van der Waals surface area contributed by atoms with Crippen molar-refractivity contribution in [2.75, 3.05) is 32.7 Å². The van der Waals surface area contributed by atoms with Crippen LogP contribution in [0.1, 0.15) is 23.1 Å². The number of aromatic nitrogens is 1. The summed E-state index contributed by atoms with van der Waals surface area (Å²) in [6.45, 7) is 6.53. The predicted octanol–water partition coefficient (Wildman–Crippen LogP) is 1.74. The maximum Gasteiger partial charge on any atom is 0.269 e. The lowest BCUT2D eigenvalue weighted by Gasteiger charge is -2.35. The minimum Gasteiger partial charge on any atom is -0.387 e. The largest absolute Gasteiger partial charge is 0.387 e. The van der Waals surface area contributed by atoms with Crippen molar-refractivity contribution in [2.45, 2.75) is 19.6 Å². The number of rotatable bonds is 6. The second-order valence-electron chi connectivity index (χ2n) is 6.38. The van der Waals surface area contributed by atoms with Crippen LogP contribution in [0, 0.1) is 17.0 Å². The molecular weight excluding hydrogens is 324 g/mol. The van der Waals surface area contributed by atoms with Crippen molar-refractivity contribution >= 4 is 5.69 Å². The normalized spacial score (nSPS) is 17.5. The van der Waals surface area contributed by atoms with Crippen molar-refractivity contribution in [3.05, 3.63) is 57.5 Å². The van der Waals surface area contributed by atoms with Crippen LogP contribution in [-0.2, 0) is 6.54 Å². The number of aryl methyl sites for hydroxylation is 1. The van der Waals surface area contributed by atoms with Crippen molar-refractivity contribution in [1.29, 1.82) is 0 Å². The number of nitro benzene ring substituents is 1. The standard InChI is InChI=1S/C17H22N4O4/c1-13-9-16(25-18-13)11-19-5-7-20(8-6-19)12-17(22)14-3-2-4-15(10-14)21(23)24/h2-4,9-10,17,22H,5-8,11-12H2,1H3. The van der Waals surface area contributed by atoms with E-state index in [2.05, 4.69) is 15.0 Å². The zero-order valence-corrected chi connectivity index (χ0v) is 14.2. The van der Waals surface area contributed by atoms with Crippen LogP contribution in [0.15, 0.2) is 34.9 Å². The summed E-state index contributed by atoms with van der Waals surface area (Å²) >= 11 is 0. The van der Waals surface area contributed by atoms with E-state index >= 15 is 0 Å². The Kier molecular flexibility index (Phi) is 5.42. The van der Waals surface area contributed by atoms with Gasteiger partial charge in [-0.1, -0.05) is 17.3 Å². The molecule has 2 heterocycles. The van der Waals surface area contributed by atoms with Crippen molar-refractivity contribution in [3.63, 3.8) is 0 Å². The SMILES string of the molecule is Cc1cc(CN2CCN(CC(O)c3cccc([N+](=O)[O-])c3)CC2)on1. The molecule has 1 atom stereocenters. The number of benzene rings is 1. The molecule has 0 spiro atoms. The highest BCUT2D eigenvalue weighted by molar-refractivity contribution is 5.35. The van der Waals surface area contributed by atoms with Gasteiger partial charge >= 0.3 is 0 Å². The third kappa shape index (κ3) is 4.62. The number of aliphatic hydroxyl groups excluding tert-OH is 1. The minimum atomic E-state index is -0.733. The molecule has 1 saturated heterocycles. The molecule has 25 heavy (non-hydrogen) atoms. The highest BCUT2D eigenvalue weighted by Crippen LogP contribution is 2.20. The molecule has 134 valence electrons. The Morgan fingerprint density at radius 1 is 1.28 bits per heavy atom. The number of aliphatic hydroxyl groups is 1. The first kappa shape index (κ1) is 17.5. The first-order valence-electron chi connectivity index (χ1n) is 8.30. The molecule has 1 N–H and O–H groups in total. The number of hydrogen-bond donors (Lipinski definition) is 1. The lowest BCUT2D eigenvalue weighted by Crippen LogP contribution is -2.47. The van der Waals surface area contributed by atoms with E-state index in [9.17, 15) is 15.2 Å². The van der Waals surface area contributed by atoms with E-state index in [1.807, 2.05) is 13.0 Å². The van der Waals surface area contributed by atoms with Gasteiger partial charge < -0.3 is 9.63 Å². The second kappa shape index (κ2) is 7.73. The summed E-state index contributed by atoms with van der Waals surface area (Å²) in [5, 5.41) is 25.1. The summed E-state index contributed by atoms with van der Waals surface area (Å²) in [7, 11) is 0. The maximum absolute atomic E-state index is 10.8. The van der Waals surface area contributed by atoms with Crippen molar-refractivity contribution in [2.24, 2.45) is 0 Å². The molecule has 0 bridgehead atoms. The number of nitrogens with zero attached hydrogens (tertiary/aromatic N) is 4. The molecule has 0 aliphatic carbocycles. The van der Waals surface area contributed by atoms with Gasteiger partial charge in [0.25, 0.3) is 5.69 Å². The highest BCUT2D eigenvalue weighted by atomic mass is 16.6. The molecule has 1 aromatic heterocycles. The van der Waals surface area contributed by atoms with Crippen LogP contribution >= 0.6 is 0 Å². The van der Waals surface area contributed by atoms with Crippen LogP contribution in [0.4, 0.5) is 5.69 Å². The van der Waals surface area contributed by atoms with E-state index < -0.39 is 11.0 Å². The molecule has 1 fully saturated rings. The first-order valence-corrected chi connectivity index (χ1v) is 8.30. The molecule has 2 aromatic rings. The Hall–Kier alpha value is -2.29. The van der Waals surface area contributed by atoms with Gasteiger partial charge in [0.2, 0.25) is 0 Å². The quantitative estimate of drug-likeness (QED) is 0.629. The summed E-state index contributed by atoms with van der Waals surface area (Å²) in [4.78, 5) is 14.9. The molecule has 0 saturated carbocycles. The summed E-state index contributed by atoms with van der Waals surface area (Å²) in [6, 6.07) is 8.14. The third-order valence-electron chi connectivity index (χ3n) is 4.42. The molecule has 1 aliphatic rings. The number of nitro groups is 1. The van der Waals surface area contributed by atoms with E-state index in [0.29, 0.717) is 12.1 Å². The Bertz CT molecular complexity index is 725. The van der Waals surface area contributed by atoms with Gasteiger partial charge in [-0.15, -0.1) is 0 Å². The van der Waals surface area contributed by atoms with Crippen LogP contribution < -0.4 is 0 Å². The van der Waals surface area contributed by atoms with Gasteiger partial charge in [0.05, 0.1) is 23.3 Å². The summed E-state index contributed by atoms with van der Waals surface area (Å²) in [5.74, 6) is 0.863. The third-order valence-corrected chi connectivity index (χ3v) is 4.42. The maximum atomic E-state index is 10.8. The van der Waals surface area contributed by atoms with Gasteiger partial charge in [0, 0.05) is 50.9 Å². The molecule has 0 amide bonds. The Balaban J connectivity index is 1.50. The van der Waals surface area contributed by atoms with E-state index in [1.54, 1.807) is 12.1 Å². The molecule has 1 aliphatic heterocycles. The zero-order valence-electron chi connectivity index (χ0n) is 14.2. The lowest BCUT2D eigenvalue weighted by atomic mass is 10.1. The number of β-amino-alcohol motifs (C(OH)–C–C–N with tert-alkyl or cyclic N) is 1. The van der Waals surface area contributed by atoms with Gasteiger partial charge in [0.1, 0.15) is 0 Å². The van der Waals surface area contributed by atoms with Gasteiger partial charge in [0.15, 0.2) is 5.76 Å². The van der Waals surface area contributed by atoms with Gasteiger partial charge in [-0.3, -0.25) is 19.9 Å². The first-order chi connectivity index (χ1) is 12.0. The molecular formula is C17H22N4O4. The predicted molar refractivity (Wildman–Crippen MR) is 91.0 cm³/mol. The Labute approximate surface area is 145 Å². The fourth-order valence-electron chi connectivity index (χ4n) is 3.04. The average molecular weight is 346 g/mol. The smallest absolute Gasteiger partial charge is 0.269 e. The van der Waals surface area contributed by atoms with E-state index in [4.69, 9.17) is 4.52 Å². The Morgan fingerprint density at radius 3 is 2.64 bits per heavy atom. The minimum absolute atomic E-state index is 0.00344. The summed E-state index contributed by atoms with van der Waals surface area (Å²) < 4.78 is 5.25. The van der Waals surface area contributed by atoms with Crippen LogP contribution in [0.5, 0.6) is 0 Å². The number of hydrogen-bond acceptors (Lipinski definition) is 7. The lowest BCUT2D eigenvalue weighted by molar-refractivity contribution is -0.385. The number of piperazine rings is 1. The van der Waals surface area contributed by atoms with Gasteiger partial charge in [-0.05, 0) is 12.5 Å². The van der Waals surface area contributed by atoms with E-state index in [1.165, 1.54) is 12.1 Å². The second-order valence-corrected chi connectivity index (χ2v) is 6.38. The molecule has 1 unspecified atom stereocenters. The summed E-state index contributed by atoms with van der Waals surface area (Å²) in [5.41, 5.74) is 1.46. The van der Waals surface area contributed by atoms with Gasteiger partial charge in [-0.25, -0.2) is 0 Å². The van der Waals surface area contributed by atoms with Crippen LogP contribution in [-0.4, -0.2) is 57.7 Å². The molecule has 8 heteroatoms. The summed E-state index contributed by atoms with van der Waals surface area (Å²) in [6.07, 6.45) is -0.733. The van der Waals surface area contributed by atoms with Gasteiger partial charge in [-0.2, -0.15) is 0 Å².